The number of hydrogen-bond donors (Lipinski definition) is 1. The fraction of sp³-hybridized carbons (Fsp3) is 0.500. The van der Waals surface area contributed by atoms with Crippen molar-refractivity contribution in [2.75, 3.05) is 0 Å². The third-order valence-electron chi connectivity index (χ3n) is 1.19. The Morgan fingerprint density at radius 3 is 2.38 bits per heavy atom. The van der Waals surface area contributed by atoms with Crippen molar-refractivity contribution >= 4 is 11.9 Å². The summed E-state index contributed by atoms with van der Waals surface area (Å²) in [5.41, 5.74) is 0. The van der Waals surface area contributed by atoms with Crippen LogP contribution in [0.1, 0.15) is 13.8 Å². The molecule has 2 atom stereocenters. The average molecular weight is 188 g/mol. The molecule has 0 saturated heterocycles. The molecule has 0 rings (SSSR count). The van der Waals surface area contributed by atoms with Crippen molar-refractivity contribution in [3.05, 3.63) is 12.7 Å². The van der Waals surface area contributed by atoms with Gasteiger partial charge in [0.15, 0.2) is 6.10 Å². The van der Waals surface area contributed by atoms with Gasteiger partial charge in [-0.3, -0.25) is 0 Å². The Hall–Kier alpha value is -1.36. The first-order valence-electron chi connectivity index (χ1n) is 3.68. The predicted molar refractivity (Wildman–Crippen MR) is 43.9 cm³/mol. The van der Waals surface area contributed by atoms with Crippen molar-refractivity contribution in [2.45, 2.75) is 26.2 Å². The Balaban J connectivity index is 3.86. The Morgan fingerprint density at radius 2 is 2.00 bits per heavy atom. The van der Waals surface area contributed by atoms with Crippen LogP contribution in [0.15, 0.2) is 12.7 Å². The van der Waals surface area contributed by atoms with Gasteiger partial charge in [0.1, 0.15) is 0 Å². The highest BCUT2D eigenvalue weighted by Gasteiger charge is 2.16. The molecule has 74 valence electrons. The van der Waals surface area contributed by atoms with E-state index in [0.717, 1.165) is 6.08 Å². The second-order valence-corrected chi connectivity index (χ2v) is 2.33. The van der Waals surface area contributed by atoms with Gasteiger partial charge >= 0.3 is 11.9 Å². The lowest BCUT2D eigenvalue weighted by Crippen LogP contribution is -2.27. The van der Waals surface area contributed by atoms with Gasteiger partial charge in [-0.15, -0.1) is 0 Å². The van der Waals surface area contributed by atoms with Crippen LogP contribution in [0, 0.1) is 0 Å². The summed E-state index contributed by atoms with van der Waals surface area (Å²) in [6.45, 7) is 5.96. The number of hydrogen-bond acceptors (Lipinski definition) is 4. The Morgan fingerprint density at radius 1 is 1.46 bits per heavy atom. The molecule has 0 aromatic rings. The van der Waals surface area contributed by atoms with Crippen LogP contribution < -0.4 is 0 Å². The molecule has 5 nitrogen and oxygen atoms in total. The van der Waals surface area contributed by atoms with Crippen LogP contribution in [0.5, 0.6) is 0 Å². The van der Waals surface area contributed by atoms with Crippen molar-refractivity contribution in [2.24, 2.45) is 0 Å². The number of carboxylic acids is 1. The highest BCUT2D eigenvalue weighted by atomic mass is 16.7. The average Bonchev–Trinajstić information content (AvgIpc) is 2.03. The highest BCUT2D eigenvalue weighted by molar-refractivity contribution is 5.81. The molecule has 0 radical (unpaired) electrons. The number of carboxylic acid groups (broad SMARTS) is 1. The lowest BCUT2D eigenvalue weighted by atomic mass is 10.4. The van der Waals surface area contributed by atoms with E-state index >= 15 is 0 Å². The van der Waals surface area contributed by atoms with Crippen molar-refractivity contribution < 1.29 is 24.2 Å². The predicted octanol–water partition coefficient (Wildman–Crippen LogP) is 0.551. The molecule has 13 heavy (non-hydrogen) atoms. The summed E-state index contributed by atoms with van der Waals surface area (Å²) in [5.74, 6) is -1.76. The number of esters is 1. The van der Waals surface area contributed by atoms with E-state index in [1.807, 2.05) is 0 Å². The van der Waals surface area contributed by atoms with Crippen molar-refractivity contribution in [3.8, 4) is 0 Å². The van der Waals surface area contributed by atoms with Gasteiger partial charge in [0.2, 0.25) is 6.29 Å². The maximum atomic E-state index is 10.6. The summed E-state index contributed by atoms with van der Waals surface area (Å²) in [4.78, 5) is 20.9. The van der Waals surface area contributed by atoms with Crippen molar-refractivity contribution in [3.63, 3.8) is 0 Å². The Labute approximate surface area is 75.9 Å². The van der Waals surface area contributed by atoms with Crippen LogP contribution in [0.25, 0.3) is 0 Å². The van der Waals surface area contributed by atoms with E-state index in [0.29, 0.717) is 0 Å². The molecule has 0 aromatic heterocycles. The monoisotopic (exact) mass is 188 g/mol. The second kappa shape index (κ2) is 5.31. The normalized spacial score (nSPS) is 14.3. The Kier molecular flexibility index (Phi) is 4.76. The maximum Gasteiger partial charge on any atom is 0.332 e. The van der Waals surface area contributed by atoms with Crippen LogP contribution in [0.2, 0.25) is 0 Å². The minimum Gasteiger partial charge on any atom is -0.479 e. The first kappa shape index (κ1) is 11.6. The molecule has 0 spiro atoms. The summed E-state index contributed by atoms with van der Waals surface area (Å²) in [6.07, 6.45) is -0.921. The zero-order valence-electron chi connectivity index (χ0n) is 7.52. The van der Waals surface area contributed by atoms with E-state index in [1.165, 1.54) is 13.8 Å². The zero-order valence-corrected chi connectivity index (χ0v) is 7.52. The molecule has 0 aromatic carbocycles. The maximum absolute atomic E-state index is 10.6. The van der Waals surface area contributed by atoms with Crippen LogP contribution in [0.4, 0.5) is 0 Å². The second-order valence-electron chi connectivity index (χ2n) is 2.33. The van der Waals surface area contributed by atoms with Crippen LogP contribution in [0.3, 0.4) is 0 Å². The highest BCUT2D eigenvalue weighted by Crippen LogP contribution is 2.00. The molecule has 1 N–H and O–H groups in total. The smallest absolute Gasteiger partial charge is 0.332 e. The molecule has 0 heterocycles. The van der Waals surface area contributed by atoms with E-state index in [1.54, 1.807) is 0 Å². The molecular formula is C8H12O5. The van der Waals surface area contributed by atoms with E-state index in [-0.39, 0.29) is 0 Å². The summed E-state index contributed by atoms with van der Waals surface area (Å²) < 4.78 is 9.37. The first-order valence-corrected chi connectivity index (χ1v) is 3.68. The van der Waals surface area contributed by atoms with Crippen molar-refractivity contribution in [1.29, 1.82) is 0 Å². The van der Waals surface area contributed by atoms with Gasteiger partial charge in [-0.25, -0.2) is 9.59 Å². The number of carbonyl (C=O) groups is 2. The molecule has 0 aliphatic rings. The summed E-state index contributed by atoms with van der Waals surface area (Å²) >= 11 is 0. The van der Waals surface area contributed by atoms with E-state index < -0.39 is 24.3 Å². The molecule has 2 unspecified atom stereocenters. The van der Waals surface area contributed by atoms with E-state index in [4.69, 9.17) is 9.84 Å². The molecule has 0 saturated carbocycles. The van der Waals surface area contributed by atoms with E-state index in [2.05, 4.69) is 11.3 Å². The number of rotatable bonds is 5. The van der Waals surface area contributed by atoms with Crippen molar-refractivity contribution in [1.82, 2.24) is 0 Å². The van der Waals surface area contributed by atoms with Gasteiger partial charge in [0, 0.05) is 6.08 Å². The van der Waals surface area contributed by atoms with Gasteiger partial charge in [0.25, 0.3) is 0 Å². The molecule has 5 heteroatoms. The third-order valence-corrected chi connectivity index (χ3v) is 1.19. The number of carbonyl (C=O) groups excluding carboxylic acids is 1. The van der Waals surface area contributed by atoms with Gasteiger partial charge in [-0.05, 0) is 13.8 Å². The lowest BCUT2D eigenvalue weighted by Gasteiger charge is -2.15. The van der Waals surface area contributed by atoms with Gasteiger partial charge in [0.05, 0.1) is 0 Å². The van der Waals surface area contributed by atoms with Gasteiger partial charge in [-0.1, -0.05) is 6.58 Å². The minimum absolute atomic E-state index is 0.648. The standard InChI is InChI=1S/C8H12O5/c1-4-7(9)13-6(3)12-5(2)8(10)11/h4-6H,1H2,2-3H3,(H,10,11). The quantitative estimate of drug-likeness (QED) is 0.387. The number of aliphatic carboxylic acids is 1. The Bertz CT molecular complexity index is 211. The molecule has 0 fully saturated rings. The van der Waals surface area contributed by atoms with Gasteiger partial charge in [-0.2, -0.15) is 0 Å². The summed E-state index contributed by atoms with van der Waals surface area (Å²) in [7, 11) is 0. The van der Waals surface area contributed by atoms with Crippen LogP contribution in [-0.2, 0) is 19.1 Å². The molecule has 0 aliphatic heterocycles. The summed E-state index contributed by atoms with van der Waals surface area (Å²) in [5, 5.41) is 8.44. The minimum atomic E-state index is -1.11. The number of ether oxygens (including phenoxy) is 2. The van der Waals surface area contributed by atoms with Gasteiger partial charge < -0.3 is 14.6 Å². The van der Waals surface area contributed by atoms with Crippen LogP contribution in [-0.4, -0.2) is 29.4 Å². The van der Waals surface area contributed by atoms with Crippen LogP contribution >= 0.6 is 0 Å². The first-order chi connectivity index (χ1) is 5.97. The lowest BCUT2D eigenvalue weighted by molar-refractivity contribution is -0.187. The molecule has 0 bridgehead atoms. The molecule has 0 aliphatic carbocycles. The topological polar surface area (TPSA) is 72.8 Å². The molecular weight excluding hydrogens is 176 g/mol. The largest absolute Gasteiger partial charge is 0.479 e. The van der Waals surface area contributed by atoms with E-state index in [9.17, 15) is 9.59 Å². The molecule has 0 amide bonds. The fourth-order valence-electron chi connectivity index (χ4n) is 0.585. The zero-order chi connectivity index (χ0) is 10.4. The third kappa shape index (κ3) is 4.97. The summed E-state index contributed by atoms with van der Waals surface area (Å²) in [6, 6.07) is 0. The fourth-order valence-corrected chi connectivity index (χ4v) is 0.585. The SMILES string of the molecule is C=CC(=O)OC(C)OC(C)C(=O)O.